The molecule has 2 saturated carbocycles. The maximum Gasteiger partial charge on any atom is 0.0341 e. The minimum Gasteiger partial charge on any atom is -0.385 e. The number of hydrogen-bond acceptors (Lipinski definition) is 2. The molecule has 1 nitrogen and oxygen atoms in total. The smallest absolute Gasteiger partial charge is 0.0341 e. The molecule has 1 N–H and O–H groups in total. The van der Waals surface area contributed by atoms with Gasteiger partial charge in [0.2, 0.25) is 0 Å². The number of fused-ring (bicyclic) bond motifs is 2. The number of hydrogen-bond donors (Lipinski definition) is 1. The summed E-state index contributed by atoms with van der Waals surface area (Å²) in [6.45, 7) is 1.14. The summed E-state index contributed by atoms with van der Waals surface area (Å²) in [5.74, 6) is 2.58. The Morgan fingerprint density at radius 3 is 2.48 bits per heavy atom. The first kappa shape index (κ1) is 13.8. The van der Waals surface area contributed by atoms with Crippen molar-refractivity contribution < 1.29 is 0 Å². The SMILES string of the molecule is C1=CC2CC1CC2CNc1ccc(SC2CCCC2)cc1. The third-order valence-electron chi connectivity index (χ3n) is 5.44. The van der Waals surface area contributed by atoms with Gasteiger partial charge < -0.3 is 5.32 Å². The van der Waals surface area contributed by atoms with Crippen LogP contribution in [0.5, 0.6) is 0 Å². The van der Waals surface area contributed by atoms with Crippen molar-refractivity contribution in [2.45, 2.75) is 48.7 Å². The number of benzene rings is 1. The summed E-state index contributed by atoms with van der Waals surface area (Å²) in [6.07, 6.45) is 13.3. The van der Waals surface area contributed by atoms with Crippen LogP contribution in [0.25, 0.3) is 0 Å². The molecule has 112 valence electrons. The molecule has 3 unspecified atom stereocenters. The summed E-state index contributed by atoms with van der Waals surface area (Å²) < 4.78 is 0. The Kier molecular flexibility index (Phi) is 3.98. The van der Waals surface area contributed by atoms with Crippen LogP contribution in [0.15, 0.2) is 41.3 Å². The molecule has 3 atom stereocenters. The molecule has 0 saturated heterocycles. The summed E-state index contributed by atoms with van der Waals surface area (Å²) in [6, 6.07) is 9.12. The molecule has 2 heteroatoms. The zero-order valence-electron chi connectivity index (χ0n) is 12.6. The van der Waals surface area contributed by atoms with Crippen LogP contribution in [-0.2, 0) is 0 Å². The molecule has 1 aromatic rings. The molecule has 2 bridgehead atoms. The van der Waals surface area contributed by atoms with Crippen LogP contribution in [0.2, 0.25) is 0 Å². The fourth-order valence-electron chi connectivity index (χ4n) is 4.23. The van der Waals surface area contributed by atoms with Crippen LogP contribution in [-0.4, -0.2) is 11.8 Å². The molecular weight excluding hydrogens is 274 g/mol. The third kappa shape index (κ3) is 3.15. The minimum atomic E-state index is 0.847. The highest BCUT2D eigenvalue weighted by molar-refractivity contribution is 8.00. The Hall–Kier alpha value is -0.890. The van der Waals surface area contributed by atoms with E-state index in [0.29, 0.717) is 0 Å². The van der Waals surface area contributed by atoms with Crippen LogP contribution >= 0.6 is 11.8 Å². The first-order chi connectivity index (χ1) is 10.4. The highest BCUT2D eigenvalue weighted by atomic mass is 32.2. The lowest BCUT2D eigenvalue weighted by Gasteiger charge is -2.19. The van der Waals surface area contributed by atoms with Crippen molar-refractivity contribution in [3.63, 3.8) is 0 Å². The predicted molar refractivity (Wildman–Crippen MR) is 91.9 cm³/mol. The van der Waals surface area contributed by atoms with Crippen LogP contribution in [0.3, 0.4) is 0 Å². The van der Waals surface area contributed by atoms with Crippen molar-refractivity contribution in [3.05, 3.63) is 36.4 Å². The maximum atomic E-state index is 3.65. The zero-order chi connectivity index (χ0) is 14.1. The minimum absolute atomic E-state index is 0.847. The second kappa shape index (κ2) is 6.08. The number of nitrogens with one attached hydrogen (secondary N) is 1. The molecule has 2 fully saturated rings. The van der Waals surface area contributed by atoms with E-state index < -0.39 is 0 Å². The number of thioether (sulfide) groups is 1. The molecular formula is C19H25NS. The first-order valence-corrected chi connectivity index (χ1v) is 9.44. The summed E-state index contributed by atoms with van der Waals surface area (Å²) in [4.78, 5) is 1.44. The van der Waals surface area contributed by atoms with Gasteiger partial charge in [-0.3, -0.25) is 0 Å². The second-order valence-corrected chi connectivity index (χ2v) is 8.34. The van der Waals surface area contributed by atoms with Crippen molar-refractivity contribution in [3.8, 4) is 0 Å². The lowest BCUT2D eigenvalue weighted by atomic mass is 9.93. The van der Waals surface area contributed by atoms with Crippen molar-refractivity contribution in [2.24, 2.45) is 17.8 Å². The van der Waals surface area contributed by atoms with Gasteiger partial charge in [-0.15, -0.1) is 11.8 Å². The number of anilines is 1. The highest BCUT2D eigenvalue weighted by Gasteiger charge is 2.35. The predicted octanol–water partition coefficient (Wildman–Crippen LogP) is 5.35. The molecule has 4 rings (SSSR count). The lowest BCUT2D eigenvalue weighted by molar-refractivity contribution is 0.472. The summed E-state index contributed by atoms with van der Waals surface area (Å²) in [5.41, 5.74) is 1.29. The van der Waals surface area contributed by atoms with E-state index in [1.807, 2.05) is 0 Å². The Labute approximate surface area is 132 Å². The molecule has 1 aromatic carbocycles. The molecule has 0 amide bonds. The Morgan fingerprint density at radius 2 is 1.81 bits per heavy atom. The van der Waals surface area contributed by atoms with Gasteiger partial charge in [-0.05, 0) is 67.7 Å². The lowest BCUT2D eigenvalue weighted by Crippen LogP contribution is -2.18. The maximum absolute atomic E-state index is 3.65. The van der Waals surface area contributed by atoms with Gasteiger partial charge in [-0.1, -0.05) is 25.0 Å². The van der Waals surface area contributed by atoms with E-state index in [0.717, 1.165) is 29.5 Å². The Morgan fingerprint density at radius 1 is 1.00 bits per heavy atom. The number of allylic oxidation sites excluding steroid dienone is 2. The van der Waals surface area contributed by atoms with Gasteiger partial charge in [-0.2, -0.15) is 0 Å². The van der Waals surface area contributed by atoms with E-state index in [1.54, 1.807) is 0 Å². The van der Waals surface area contributed by atoms with Gasteiger partial charge in [0, 0.05) is 22.4 Å². The van der Waals surface area contributed by atoms with Gasteiger partial charge in [0.1, 0.15) is 0 Å². The van der Waals surface area contributed by atoms with Crippen molar-refractivity contribution >= 4 is 17.4 Å². The molecule has 0 aromatic heterocycles. The van der Waals surface area contributed by atoms with E-state index in [1.165, 1.54) is 49.1 Å². The third-order valence-corrected chi connectivity index (χ3v) is 6.79. The van der Waals surface area contributed by atoms with Crippen molar-refractivity contribution in [1.82, 2.24) is 0 Å². The monoisotopic (exact) mass is 299 g/mol. The van der Waals surface area contributed by atoms with E-state index in [4.69, 9.17) is 0 Å². The highest BCUT2D eigenvalue weighted by Crippen LogP contribution is 2.43. The van der Waals surface area contributed by atoms with Crippen LogP contribution in [0, 0.1) is 17.8 Å². The van der Waals surface area contributed by atoms with E-state index in [9.17, 15) is 0 Å². The van der Waals surface area contributed by atoms with Crippen LogP contribution in [0.4, 0.5) is 5.69 Å². The summed E-state index contributed by atoms with van der Waals surface area (Å²) in [5, 5.41) is 4.51. The van der Waals surface area contributed by atoms with Crippen LogP contribution < -0.4 is 5.32 Å². The molecule has 21 heavy (non-hydrogen) atoms. The van der Waals surface area contributed by atoms with Gasteiger partial charge >= 0.3 is 0 Å². The standard InChI is InChI=1S/C19H25NS/c1-2-4-18(3-1)21-19-9-7-17(8-10-19)20-13-16-12-14-5-6-15(16)11-14/h5-10,14-16,18,20H,1-4,11-13H2. The first-order valence-electron chi connectivity index (χ1n) is 8.56. The molecule has 0 heterocycles. The molecule has 0 aliphatic heterocycles. The Bertz CT molecular complexity index is 501. The van der Waals surface area contributed by atoms with Crippen LogP contribution in [0.1, 0.15) is 38.5 Å². The zero-order valence-corrected chi connectivity index (χ0v) is 13.4. The topological polar surface area (TPSA) is 12.0 Å². The van der Waals surface area contributed by atoms with Gasteiger partial charge in [-0.25, -0.2) is 0 Å². The van der Waals surface area contributed by atoms with Crippen molar-refractivity contribution in [1.29, 1.82) is 0 Å². The number of rotatable bonds is 5. The van der Waals surface area contributed by atoms with Gasteiger partial charge in [0.25, 0.3) is 0 Å². The van der Waals surface area contributed by atoms with Crippen molar-refractivity contribution in [2.75, 3.05) is 11.9 Å². The Balaban J connectivity index is 1.28. The average molecular weight is 299 g/mol. The fraction of sp³-hybridized carbons (Fsp3) is 0.579. The summed E-state index contributed by atoms with van der Waals surface area (Å²) >= 11 is 2.08. The normalized spacial score (nSPS) is 31.1. The van der Waals surface area contributed by atoms with E-state index >= 15 is 0 Å². The molecule has 3 aliphatic carbocycles. The largest absolute Gasteiger partial charge is 0.385 e. The van der Waals surface area contributed by atoms with E-state index in [-0.39, 0.29) is 0 Å². The van der Waals surface area contributed by atoms with Gasteiger partial charge in [0.15, 0.2) is 0 Å². The molecule has 0 spiro atoms. The molecule has 3 aliphatic rings. The molecule has 0 radical (unpaired) electrons. The van der Waals surface area contributed by atoms with Gasteiger partial charge in [0.05, 0.1) is 0 Å². The average Bonchev–Trinajstić information content (AvgIpc) is 3.24. The fourth-order valence-corrected chi connectivity index (χ4v) is 5.48. The second-order valence-electron chi connectivity index (χ2n) is 6.97. The quantitative estimate of drug-likeness (QED) is 0.736. The van der Waals surface area contributed by atoms with E-state index in [2.05, 4.69) is 53.5 Å². The summed E-state index contributed by atoms with van der Waals surface area (Å²) in [7, 11) is 0.